The Morgan fingerprint density at radius 2 is 2.16 bits per heavy atom. The van der Waals surface area contributed by atoms with Gasteiger partial charge in [-0.05, 0) is 32.3 Å². The van der Waals surface area contributed by atoms with Crippen LogP contribution in [0.15, 0.2) is 17.2 Å². The van der Waals surface area contributed by atoms with E-state index in [4.69, 9.17) is 9.72 Å². The molecule has 1 saturated carbocycles. The van der Waals surface area contributed by atoms with E-state index >= 15 is 0 Å². The number of nitrogens with zero attached hydrogens (tertiary/aromatic N) is 3. The van der Waals surface area contributed by atoms with Gasteiger partial charge in [-0.1, -0.05) is 26.2 Å². The van der Waals surface area contributed by atoms with Crippen molar-refractivity contribution in [3.8, 4) is 0 Å². The maximum absolute atomic E-state index is 13.1. The van der Waals surface area contributed by atoms with E-state index in [1.807, 2.05) is 0 Å². The Morgan fingerprint density at radius 3 is 2.94 bits per heavy atom. The molecule has 1 aliphatic heterocycles. The molecule has 8 heteroatoms. The van der Waals surface area contributed by atoms with Crippen molar-refractivity contribution < 1.29 is 9.53 Å². The first-order valence-electron chi connectivity index (χ1n) is 11.2. The minimum atomic E-state index is -0.193. The third-order valence-electron chi connectivity index (χ3n) is 6.76. The van der Waals surface area contributed by atoms with Crippen LogP contribution in [0.4, 0.5) is 0 Å². The van der Waals surface area contributed by atoms with Gasteiger partial charge in [0.15, 0.2) is 0 Å². The fraction of sp³-hybridized carbons (Fsp3) is 0.565. The third-order valence-corrected chi connectivity index (χ3v) is 7.83. The normalized spacial score (nSPS) is 22.0. The number of aromatic nitrogens is 3. The van der Waals surface area contributed by atoms with E-state index in [1.165, 1.54) is 28.7 Å². The van der Waals surface area contributed by atoms with Crippen LogP contribution >= 0.6 is 11.3 Å². The number of hydrogen-bond acceptors (Lipinski definition) is 6. The molecule has 0 aromatic carbocycles. The van der Waals surface area contributed by atoms with Crippen LogP contribution in [-0.4, -0.2) is 32.1 Å². The lowest BCUT2D eigenvalue weighted by molar-refractivity contribution is -0.122. The van der Waals surface area contributed by atoms with E-state index in [2.05, 4.69) is 30.2 Å². The number of fused-ring (bicyclic) bond motifs is 4. The van der Waals surface area contributed by atoms with Crippen molar-refractivity contribution in [2.75, 3.05) is 0 Å². The minimum absolute atomic E-state index is 0.000851. The molecule has 1 fully saturated rings. The molecule has 3 aromatic heterocycles. The number of amides is 1. The summed E-state index contributed by atoms with van der Waals surface area (Å²) in [4.78, 5) is 35.8. The summed E-state index contributed by atoms with van der Waals surface area (Å²) in [5, 5.41) is 3.96. The van der Waals surface area contributed by atoms with E-state index < -0.39 is 0 Å². The molecule has 3 aromatic rings. The molecule has 5 rings (SSSR count). The van der Waals surface area contributed by atoms with Crippen LogP contribution in [0, 0.1) is 0 Å². The average molecular weight is 441 g/mol. The summed E-state index contributed by atoms with van der Waals surface area (Å²) < 4.78 is 8.02. The van der Waals surface area contributed by atoms with E-state index in [-0.39, 0.29) is 29.7 Å². The molecular formula is C23H28N4O3S. The lowest BCUT2D eigenvalue weighted by atomic mass is 9.91. The van der Waals surface area contributed by atoms with E-state index in [9.17, 15) is 9.59 Å². The zero-order valence-electron chi connectivity index (χ0n) is 18.1. The van der Waals surface area contributed by atoms with Gasteiger partial charge >= 0.3 is 0 Å². The summed E-state index contributed by atoms with van der Waals surface area (Å²) in [5.41, 5.74) is 2.39. The van der Waals surface area contributed by atoms with Crippen molar-refractivity contribution in [1.29, 1.82) is 0 Å². The van der Waals surface area contributed by atoms with Crippen LogP contribution in [0.5, 0.6) is 0 Å². The zero-order valence-corrected chi connectivity index (χ0v) is 18.9. The Hall–Kier alpha value is -2.32. The fourth-order valence-electron chi connectivity index (χ4n) is 4.62. The monoisotopic (exact) mass is 440 g/mol. The number of ether oxygens (including phenoxy) is 1. The Labute approximate surface area is 184 Å². The number of rotatable bonds is 4. The second kappa shape index (κ2) is 7.98. The smallest absolute Gasteiger partial charge is 0.271 e. The topological polar surface area (TPSA) is 86.1 Å². The van der Waals surface area contributed by atoms with Gasteiger partial charge in [0.25, 0.3) is 5.56 Å². The highest BCUT2D eigenvalue weighted by molar-refractivity contribution is 7.25. The summed E-state index contributed by atoms with van der Waals surface area (Å²) in [6, 6.07) is 2.29. The summed E-state index contributed by atoms with van der Waals surface area (Å²) in [6.07, 6.45) is 8.76. The first-order valence-corrected chi connectivity index (χ1v) is 12.0. The molecule has 1 amide bonds. The number of carbonyl (C=O) groups excluding carboxylic acids is 1. The van der Waals surface area contributed by atoms with Crippen LogP contribution in [0.2, 0.25) is 0 Å². The molecule has 164 valence electrons. The average Bonchev–Trinajstić information content (AvgIpc) is 3.13. The first kappa shape index (κ1) is 20.6. The van der Waals surface area contributed by atoms with Gasteiger partial charge in [0.2, 0.25) is 5.91 Å². The van der Waals surface area contributed by atoms with Gasteiger partial charge in [-0.2, -0.15) is 0 Å². The lowest BCUT2D eigenvalue weighted by Crippen LogP contribution is -2.39. The molecule has 2 aliphatic rings. The minimum Gasteiger partial charge on any atom is -0.370 e. The van der Waals surface area contributed by atoms with Gasteiger partial charge in [0.1, 0.15) is 16.1 Å². The number of hydrogen-bond donors (Lipinski definition) is 1. The SMILES string of the molecule is CC[C@]1(C)Cc2nc3sc4c(=O)n(CC(=O)NC5CCCCC5)cnc4c3cc2CO1. The van der Waals surface area contributed by atoms with E-state index in [1.54, 1.807) is 0 Å². The summed E-state index contributed by atoms with van der Waals surface area (Å²) in [5.74, 6) is -0.124. The maximum atomic E-state index is 13.1. The molecule has 1 atom stereocenters. The number of nitrogens with one attached hydrogen (secondary N) is 1. The molecule has 0 bridgehead atoms. The van der Waals surface area contributed by atoms with Crippen LogP contribution in [0.25, 0.3) is 20.4 Å². The van der Waals surface area contributed by atoms with Gasteiger partial charge in [-0.15, -0.1) is 11.3 Å². The fourth-order valence-corrected chi connectivity index (χ4v) is 5.70. The maximum Gasteiger partial charge on any atom is 0.271 e. The molecular weight excluding hydrogens is 412 g/mol. The van der Waals surface area contributed by atoms with Crippen LogP contribution < -0.4 is 10.9 Å². The molecule has 0 saturated heterocycles. The summed E-state index contributed by atoms with van der Waals surface area (Å²) in [6.45, 7) is 4.77. The van der Waals surface area contributed by atoms with Crippen molar-refractivity contribution in [2.24, 2.45) is 0 Å². The molecule has 1 N–H and O–H groups in total. The van der Waals surface area contributed by atoms with Gasteiger partial charge in [-0.3, -0.25) is 14.2 Å². The predicted molar refractivity (Wildman–Crippen MR) is 121 cm³/mol. The Bertz CT molecular complexity index is 1210. The molecule has 4 heterocycles. The molecule has 7 nitrogen and oxygen atoms in total. The Balaban J connectivity index is 1.45. The Kier molecular flexibility index (Phi) is 5.30. The molecule has 0 spiro atoms. The lowest BCUT2D eigenvalue weighted by Gasteiger charge is -2.33. The second-order valence-corrected chi connectivity index (χ2v) is 10.1. The van der Waals surface area contributed by atoms with Crippen molar-refractivity contribution in [2.45, 2.75) is 83.6 Å². The van der Waals surface area contributed by atoms with Crippen molar-refractivity contribution >= 4 is 37.7 Å². The number of carbonyl (C=O) groups is 1. The van der Waals surface area contributed by atoms with Gasteiger partial charge in [-0.25, -0.2) is 9.97 Å². The highest BCUT2D eigenvalue weighted by atomic mass is 32.1. The standard InChI is InChI=1S/C23H28N4O3S/c1-3-23(2)10-17-14(12-30-23)9-16-19-20(31-21(16)26-17)22(29)27(13-24-19)11-18(28)25-15-7-5-4-6-8-15/h9,13,15H,3-8,10-12H2,1-2H3,(H,25,28)/t23-/m1/s1. The van der Waals surface area contributed by atoms with Crippen LogP contribution in [0.1, 0.15) is 63.6 Å². The van der Waals surface area contributed by atoms with Gasteiger partial charge in [0, 0.05) is 23.4 Å². The summed E-state index contributed by atoms with van der Waals surface area (Å²) in [7, 11) is 0. The highest BCUT2D eigenvalue weighted by Gasteiger charge is 2.31. The third kappa shape index (κ3) is 3.87. The van der Waals surface area contributed by atoms with E-state index in [0.717, 1.165) is 60.0 Å². The largest absolute Gasteiger partial charge is 0.370 e. The summed E-state index contributed by atoms with van der Waals surface area (Å²) >= 11 is 1.37. The predicted octanol–water partition coefficient (Wildman–Crippen LogP) is 3.70. The molecule has 1 aliphatic carbocycles. The first-order chi connectivity index (χ1) is 15.0. The zero-order chi connectivity index (χ0) is 21.6. The molecule has 31 heavy (non-hydrogen) atoms. The molecule has 0 unspecified atom stereocenters. The quantitative estimate of drug-likeness (QED) is 0.669. The van der Waals surface area contributed by atoms with Crippen LogP contribution in [0.3, 0.4) is 0 Å². The second-order valence-electron chi connectivity index (χ2n) is 9.08. The van der Waals surface area contributed by atoms with Gasteiger partial charge < -0.3 is 10.1 Å². The van der Waals surface area contributed by atoms with Gasteiger partial charge in [0.05, 0.1) is 29.7 Å². The van der Waals surface area contributed by atoms with Crippen molar-refractivity contribution in [3.63, 3.8) is 0 Å². The Morgan fingerprint density at radius 1 is 1.35 bits per heavy atom. The van der Waals surface area contributed by atoms with Crippen LogP contribution in [-0.2, 0) is 29.1 Å². The molecule has 0 radical (unpaired) electrons. The number of pyridine rings is 1. The van der Waals surface area contributed by atoms with E-state index in [0.29, 0.717) is 16.8 Å². The highest BCUT2D eigenvalue weighted by Crippen LogP contribution is 2.35. The van der Waals surface area contributed by atoms with Crippen molar-refractivity contribution in [3.05, 3.63) is 34.0 Å². The number of thiophene rings is 1. The van der Waals surface area contributed by atoms with Crippen molar-refractivity contribution in [1.82, 2.24) is 19.9 Å².